The number of aromatic amines is 1. The van der Waals surface area contributed by atoms with Gasteiger partial charge < -0.3 is 20.2 Å². The number of sulfone groups is 1. The van der Waals surface area contributed by atoms with Crippen LogP contribution >= 0.6 is 0 Å². The molecule has 3 heterocycles. The van der Waals surface area contributed by atoms with Crippen molar-refractivity contribution in [2.45, 2.75) is 23.0 Å². The van der Waals surface area contributed by atoms with Crippen molar-refractivity contribution < 1.29 is 23.1 Å². The number of aldehydes is 1. The highest BCUT2D eigenvalue weighted by Gasteiger charge is 2.34. The molecule has 1 amide bonds. The maximum Gasteiger partial charge on any atom is 0.422 e. The summed E-state index contributed by atoms with van der Waals surface area (Å²) >= 11 is 0. The molecule has 12 heteroatoms. The average molecular weight is 561 g/mol. The predicted octanol–water partition coefficient (Wildman–Crippen LogP) is 4.20. The molecule has 0 spiro atoms. The Morgan fingerprint density at radius 2 is 1.80 bits per heavy atom. The van der Waals surface area contributed by atoms with Crippen LogP contribution in [0.25, 0.3) is 23.1 Å². The van der Waals surface area contributed by atoms with Gasteiger partial charge in [0.25, 0.3) is 0 Å². The summed E-state index contributed by atoms with van der Waals surface area (Å²) in [7, 11) is -3.61. The third-order valence-corrected chi connectivity index (χ3v) is 9.14. The van der Waals surface area contributed by atoms with Crippen molar-refractivity contribution in [2.75, 3.05) is 25.0 Å². The molecule has 206 valence electrons. The topological polar surface area (TPSA) is 149 Å². The van der Waals surface area contributed by atoms with Crippen LogP contribution in [0.3, 0.4) is 0 Å². The van der Waals surface area contributed by atoms with Crippen molar-refractivity contribution in [3.05, 3.63) is 78.2 Å². The van der Waals surface area contributed by atoms with Gasteiger partial charge in [0.15, 0.2) is 9.84 Å². The largest absolute Gasteiger partial charge is 0.464 e. The molecule has 0 radical (unpaired) electrons. The van der Waals surface area contributed by atoms with Crippen LogP contribution in [0.2, 0.25) is 0 Å². The number of amides is 1. The van der Waals surface area contributed by atoms with E-state index in [1.807, 2.05) is 42.6 Å². The molecule has 1 aliphatic heterocycles. The van der Waals surface area contributed by atoms with Gasteiger partial charge in [-0.05, 0) is 54.8 Å². The second-order valence-corrected chi connectivity index (χ2v) is 11.6. The number of benzene rings is 2. The number of hydrazine groups is 1. The number of piperidine rings is 1. The lowest BCUT2D eigenvalue weighted by atomic mass is 10.1. The SMILES string of the molecule is O=CCN(C(=O)O)N1CCC(S(=O)(=O)c2ccc(Nc3ncc(C=Cc4cccc5[nH]ccc45)cn3)cc2)CC1. The smallest absolute Gasteiger partial charge is 0.422 e. The Kier molecular flexibility index (Phi) is 7.89. The lowest BCUT2D eigenvalue weighted by Crippen LogP contribution is -2.51. The van der Waals surface area contributed by atoms with Crippen molar-refractivity contribution in [2.24, 2.45) is 0 Å². The van der Waals surface area contributed by atoms with Gasteiger partial charge in [0, 0.05) is 53.8 Å². The van der Waals surface area contributed by atoms with E-state index in [1.165, 1.54) is 5.01 Å². The number of anilines is 2. The van der Waals surface area contributed by atoms with Gasteiger partial charge >= 0.3 is 6.09 Å². The molecule has 0 atom stereocenters. The number of carbonyl (C=O) groups is 2. The van der Waals surface area contributed by atoms with E-state index in [4.69, 9.17) is 0 Å². The Morgan fingerprint density at radius 1 is 1.07 bits per heavy atom. The van der Waals surface area contributed by atoms with E-state index in [1.54, 1.807) is 36.7 Å². The van der Waals surface area contributed by atoms with E-state index < -0.39 is 21.2 Å². The Labute approximate surface area is 231 Å². The van der Waals surface area contributed by atoms with Crippen molar-refractivity contribution >= 4 is 56.9 Å². The minimum atomic E-state index is -3.61. The van der Waals surface area contributed by atoms with Crippen LogP contribution in [0.1, 0.15) is 24.0 Å². The van der Waals surface area contributed by atoms with Crippen molar-refractivity contribution in [3.63, 3.8) is 0 Å². The predicted molar refractivity (Wildman–Crippen MR) is 152 cm³/mol. The van der Waals surface area contributed by atoms with Crippen LogP contribution in [0, 0.1) is 0 Å². The molecule has 2 aromatic carbocycles. The second kappa shape index (κ2) is 11.7. The number of fused-ring (bicyclic) bond motifs is 1. The van der Waals surface area contributed by atoms with Crippen molar-refractivity contribution in [3.8, 4) is 0 Å². The van der Waals surface area contributed by atoms with Gasteiger partial charge in [0.2, 0.25) is 5.95 Å². The van der Waals surface area contributed by atoms with Crippen LogP contribution in [0.4, 0.5) is 16.4 Å². The molecular weight excluding hydrogens is 532 g/mol. The summed E-state index contributed by atoms with van der Waals surface area (Å²) in [6.45, 7) is 0.178. The highest BCUT2D eigenvalue weighted by molar-refractivity contribution is 7.92. The van der Waals surface area contributed by atoms with E-state index >= 15 is 0 Å². The quantitative estimate of drug-likeness (QED) is 0.256. The lowest BCUT2D eigenvalue weighted by molar-refractivity contribution is -0.113. The first-order chi connectivity index (χ1) is 19.3. The maximum absolute atomic E-state index is 13.2. The first kappa shape index (κ1) is 27.0. The summed E-state index contributed by atoms with van der Waals surface area (Å²) in [4.78, 5) is 34.3. The minimum Gasteiger partial charge on any atom is -0.464 e. The minimum absolute atomic E-state index is 0.193. The fourth-order valence-electron chi connectivity index (χ4n) is 4.76. The third-order valence-electron chi connectivity index (χ3n) is 6.86. The molecule has 1 fully saturated rings. The van der Waals surface area contributed by atoms with Crippen molar-refractivity contribution in [1.82, 2.24) is 25.0 Å². The molecule has 5 rings (SSSR count). The standard InChI is InChI=1S/C28H28N6O5S/c35-17-16-34(28(36)37)33-14-11-24(12-15-33)40(38,39)23-8-6-22(7-9-23)32-27-30-18-20(19-31-27)4-5-21-2-1-3-26-25(21)10-13-29-26/h1-10,13,17-19,24,29H,11-12,14-16H2,(H,36,37)(H,30,31,32). The lowest BCUT2D eigenvalue weighted by Gasteiger charge is -2.37. The Bertz CT molecular complexity index is 1630. The number of rotatable bonds is 9. The van der Waals surface area contributed by atoms with Gasteiger partial charge in [-0.2, -0.15) is 0 Å². The van der Waals surface area contributed by atoms with Crippen molar-refractivity contribution in [1.29, 1.82) is 0 Å². The summed E-state index contributed by atoms with van der Waals surface area (Å²) in [6, 6.07) is 14.5. The zero-order valence-corrected chi connectivity index (χ0v) is 22.3. The van der Waals surface area contributed by atoms with Gasteiger partial charge in [0.1, 0.15) is 6.29 Å². The average Bonchev–Trinajstić information content (AvgIpc) is 3.46. The molecular formula is C28H28N6O5S. The molecule has 0 bridgehead atoms. The second-order valence-electron chi connectivity index (χ2n) is 9.34. The van der Waals surface area contributed by atoms with Crippen LogP contribution in [-0.2, 0) is 14.6 Å². The summed E-state index contributed by atoms with van der Waals surface area (Å²) in [6.07, 6.45) is 9.07. The summed E-state index contributed by atoms with van der Waals surface area (Å²) < 4.78 is 26.4. The number of hydrogen-bond acceptors (Lipinski definition) is 8. The first-order valence-electron chi connectivity index (χ1n) is 12.7. The number of aromatic nitrogens is 3. The van der Waals surface area contributed by atoms with E-state index in [9.17, 15) is 23.1 Å². The first-order valence-corrected chi connectivity index (χ1v) is 14.3. The number of hydrogen-bond donors (Lipinski definition) is 3. The number of H-pyrrole nitrogens is 1. The molecule has 0 saturated carbocycles. The number of nitrogens with one attached hydrogen (secondary N) is 2. The monoisotopic (exact) mass is 560 g/mol. The molecule has 0 aliphatic carbocycles. The summed E-state index contributed by atoms with van der Waals surface area (Å²) in [5, 5.41) is 15.3. The van der Waals surface area contributed by atoms with Gasteiger partial charge in [-0.25, -0.2) is 33.2 Å². The Hall–Kier alpha value is -4.55. The third kappa shape index (κ3) is 5.87. The molecule has 11 nitrogen and oxygen atoms in total. The van der Waals surface area contributed by atoms with Crippen LogP contribution in [0.15, 0.2) is 72.0 Å². The maximum atomic E-state index is 13.2. The molecule has 40 heavy (non-hydrogen) atoms. The van der Waals surface area contributed by atoms with E-state index in [0.717, 1.165) is 27.0 Å². The number of carbonyl (C=O) groups excluding carboxylic acids is 1. The number of carboxylic acid groups (broad SMARTS) is 1. The fourth-order valence-corrected chi connectivity index (χ4v) is 6.49. The highest BCUT2D eigenvalue weighted by Crippen LogP contribution is 2.27. The van der Waals surface area contributed by atoms with Gasteiger partial charge in [-0.15, -0.1) is 0 Å². The van der Waals surface area contributed by atoms with Gasteiger partial charge in [0.05, 0.1) is 16.7 Å². The zero-order chi connectivity index (χ0) is 28.1. The Morgan fingerprint density at radius 3 is 2.48 bits per heavy atom. The van der Waals surface area contributed by atoms with E-state index in [0.29, 0.717) is 17.9 Å². The molecule has 0 unspecified atom stereocenters. The zero-order valence-electron chi connectivity index (χ0n) is 21.5. The van der Waals surface area contributed by atoms with E-state index in [2.05, 4.69) is 20.3 Å². The van der Waals surface area contributed by atoms with Crippen LogP contribution < -0.4 is 5.32 Å². The molecule has 4 aromatic rings. The summed E-state index contributed by atoms with van der Waals surface area (Å²) in [5.74, 6) is 0.381. The summed E-state index contributed by atoms with van der Waals surface area (Å²) in [5.41, 5.74) is 3.63. The van der Waals surface area contributed by atoms with E-state index in [-0.39, 0.29) is 37.4 Å². The highest BCUT2D eigenvalue weighted by atomic mass is 32.2. The number of nitrogens with zero attached hydrogens (tertiary/aromatic N) is 4. The normalized spacial score (nSPS) is 14.9. The fraction of sp³-hybridized carbons (Fsp3) is 0.214. The van der Waals surface area contributed by atoms with Gasteiger partial charge in [-0.3, -0.25) is 0 Å². The molecule has 1 saturated heterocycles. The van der Waals surface area contributed by atoms with Gasteiger partial charge in [-0.1, -0.05) is 24.3 Å². The molecule has 1 aliphatic rings. The molecule has 2 aromatic heterocycles. The van der Waals surface area contributed by atoms with Crippen LogP contribution in [-0.4, -0.2) is 75.8 Å². The molecule has 3 N–H and O–H groups in total. The Balaban J connectivity index is 1.19. The van der Waals surface area contributed by atoms with Crippen LogP contribution in [0.5, 0.6) is 0 Å².